The SMILES string of the molecule is COc1ccc(-c2nnc(SCC(C)C)n2C)cc1. The Balaban J connectivity index is 2.20. The summed E-state index contributed by atoms with van der Waals surface area (Å²) in [4.78, 5) is 0. The van der Waals surface area contributed by atoms with E-state index in [2.05, 4.69) is 24.0 Å². The Morgan fingerprint density at radius 2 is 1.89 bits per heavy atom. The van der Waals surface area contributed by atoms with Gasteiger partial charge in [-0.05, 0) is 30.2 Å². The molecule has 0 amide bonds. The van der Waals surface area contributed by atoms with Crippen LogP contribution >= 0.6 is 11.8 Å². The van der Waals surface area contributed by atoms with Crippen LogP contribution in [0.4, 0.5) is 0 Å². The smallest absolute Gasteiger partial charge is 0.191 e. The molecule has 0 aliphatic heterocycles. The van der Waals surface area contributed by atoms with E-state index in [1.807, 2.05) is 35.9 Å². The lowest BCUT2D eigenvalue weighted by atomic mass is 10.2. The van der Waals surface area contributed by atoms with E-state index in [0.29, 0.717) is 5.92 Å². The number of methoxy groups -OCH3 is 1. The number of thioether (sulfide) groups is 1. The Morgan fingerprint density at radius 1 is 1.21 bits per heavy atom. The minimum absolute atomic E-state index is 0.645. The third-order valence-electron chi connectivity index (χ3n) is 2.73. The van der Waals surface area contributed by atoms with E-state index in [0.717, 1.165) is 28.0 Å². The summed E-state index contributed by atoms with van der Waals surface area (Å²) in [5.41, 5.74) is 1.05. The first-order valence-electron chi connectivity index (χ1n) is 6.28. The molecule has 4 nitrogen and oxygen atoms in total. The molecule has 0 spiro atoms. The summed E-state index contributed by atoms with van der Waals surface area (Å²) in [6.07, 6.45) is 0. The Labute approximate surface area is 118 Å². The van der Waals surface area contributed by atoms with E-state index in [4.69, 9.17) is 4.74 Å². The highest BCUT2D eigenvalue weighted by molar-refractivity contribution is 7.99. The van der Waals surface area contributed by atoms with Gasteiger partial charge >= 0.3 is 0 Å². The first-order valence-corrected chi connectivity index (χ1v) is 7.27. The number of aromatic nitrogens is 3. The summed E-state index contributed by atoms with van der Waals surface area (Å²) in [7, 11) is 3.67. The molecule has 0 N–H and O–H groups in total. The van der Waals surface area contributed by atoms with Crippen molar-refractivity contribution in [3.63, 3.8) is 0 Å². The molecule has 0 unspecified atom stereocenters. The van der Waals surface area contributed by atoms with E-state index in [1.165, 1.54) is 0 Å². The quantitative estimate of drug-likeness (QED) is 0.787. The van der Waals surface area contributed by atoms with Crippen molar-refractivity contribution in [3.05, 3.63) is 24.3 Å². The van der Waals surface area contributed by atoms with Crippen LogP contribution in [0.15, 0.2) is 29.4 Å². The molecule has 2 aromatic rings. The molecule has 0 fully saturated rings. The average Bonchev–Trinajstić information content (AvgIpc) is 2.78. The predicted octanol–water partition coefficient (Wildman–Crippen LogP) is 3.24. The van der Waals surface area contributed by atoms with E-state index in [9.17, 15) is 0 Å². The van der Waals surface area contributed by atoms with Gasteiger partial charge in [-0.1, -0.05) is 25.6 Å². The molecule has 1 aromatic heterocycles. The van der Waals surface area contributed by atoms with Gasteiger partial charge in [-0.2, -0.15) is 0 Å². The fourth-order valence-electron chi connectivity index (χ4n) is 1.67. The second-order valence-corrected chi connectivity index (χ2v) is 5.79. The molecule has 19 heavy (non-hydrogen) atoms. The summed E-state index contributed by atoms with van der Waals surface area (Å²) in [5, 5.41) is 9.48. The van der Waals surface area contributed by atoms with Crippen molar-refractivity contribution in [1.29, 1.82) is 0 Å². The average molecular weight is 277 g/mol. The van der Waals surface area contributed by atoms with E-state index < -0.39 is 0 Å². The molecule has 2 rings (SSSR count). The fourth-order valence-corrected chi connectivity index (χ4v) is 2.53. The Kier molecular flexibility index (Phi) is 4.47. The minimum Gasteiger partial charge on any atom is -0.497 e. The molecule has 0 bridgehead atoms. The summed E-state index contributed by atoms with van der Waals surface area (Å²) < 4.78 is 7.20. The maximum absolute atomic E-state index is 5.16. The molecule has 0 saturated heterocycles. The van der Waals surface area contributed by atoms with Crippen molar-refractivity contribution in [2.45, 2.75) is 19.0 Å². The molecule has 0 radical (unpaired) electrons. The van der Waals surface area contributed by atoms with Crippen LogP contribution in [0.2, 0.25) is 0 Å². The van der Waals surface area contributed by atoms with E-state index in [-0.39, 0.29) is 0 Å². The molecule has 0 aliphatic rings. The van der Waals surface area contributed by atoms with Crippen LogP contribution in [0.1, 0.15) is 13.8 Å². The number of benzene rings is 1. The highest BCUT2D eigenvalue weighted by Crippen LogP contribution is 2.25. The standard InChI is InChI=1S/C14H19N3OS/c1-10(2)9-19-14-16-15-13(17(14)3)11-5-7-12(18-4)8-6-11/h5-8,10H,9H2,1-4H3. The zero-order valence-electron chi connectivity index (χ0n) is 11.8. The molecule has 0 aliphatic carbocycles. The van der Waals surface area contributed by atoms with Gasteiger partial charge in [0.05, 0.1) is 7.11 Å². The lowest BCUT2D eigenvalue weighted by Crippen LogP contribution is -1.97. The van der Waals surface area contributed by atoms with Crippen LogP contribution in [-0.4, -0.2) is 27.6 Å². The van der Waals surface area contributed by atoms with Crippen LogP contribution in [0, 0.1) is 5.92 Å². The molecule has 1 heterocycles. The summed E-state index contributed by atoms with van der Waals surface area (Å²) in [6.45, 7) is 4.40. The van der Waals surface area contributed by atoms with Gasteiger partial charge in [0.2, 0.25) is 0 Å². The Morgan fingerprint density at radius 3 is 2.47 bits per heavy atom. The highest BCUT2D eigenvalue weighted by atomic mass is 32.2. The van der Waals surface area contributed by atoms with E-state index in [1.54, 1.807) is 18.9 Å². The van der Waals surface area contributed by atoms with Gasteiger partial charge in [0.15, 0.2) is 11.0 Å². The number of hydrogen-bond donors (Lipinski definition) is 0. The number of nitrogens with zero attached hydrogens (tertiary/aromatic N) is 3. The van der Waals surface area contributed by atoms with Crippen LogP contribution < -0.4 is 4.74 Å². The van der Waals surface area contributed by atoms with Crippen molar-refractivity contribution in [1.82, 2.24) is 14.8 Å². The van der Waals surface area contributed by atoms with Gasteiger partial charge in [0.25, 0.3) is 0 Å². The largest absolute Gasteiger partial charge is 0.497 e. The first kappa shape index (κ1) is 13.9. The monoisotopic (exact) mass is 277 g/mol. The molecule has 0 saturated carbocycles. The van der Waals surface area contributed by atoms with Crippen LogP contribution in [-0.2, 0) is 7.05 Å². The minimum atomic E-state index is 0.645. The third-order valence-corrected chi connectivity index (χ3v) is 4.18. The normalized spacial score (nSPS) is 11.0. The van der Waals surface area contributed by atoms with Gasteiger partial charge < -0.3 is 9.30 Å². The lowest BCUT2D eigenvalue weighted by molar-refractivity contribution is 0.415. The van der Waals surface area contributed by atoms with Gasteiger partial charge in [-0.15, -0.1) is 10.2 Å². The number of rotatable bonds is 5. The molecular formula is C14H19N3OS. The van der Waals surface area contributed by atoms with Crippen molar-refractivity contribution in [2.75, 3.05) is 12.9 Å². The fraction of sp³-hybridized carbons (Fsp3) is 0.429. The molecule has 0 atom stereocenters. The maximum atomic E-state index is 5.16. The number of ether oxygens (including phenoxy) is 1. The van der Waals surface area contributed by atoms with Gasteiger partial charge in [0, 0.05) is 18.4 Å². The Bertz CT molecular complexity index is 534. The van der Waals surface area contributed by atoms with Crippen molar-refractivity contribution < 1.29 is 4.74 Å². The van der Waals surface area contributed by atoms with Gasteiger partial charge in [-0.3, -0.25) is 0 Å². The van der Waals surface area contributed by atoms with Crippen molar-refractivity contribution >= 4 is 11.8 Å². The zero-order valence-corrected chi connectivity index (χ0v) is 12.6. The maximum Gasteiger partial charge on any atom is 0.191 e. The predicted molar refractivity (Wildman–Crippen MR) is 78.6 cm³/mol. The Hall–Kier alpha value is -1.49. The third kappa shape index (κ3) is 3.29. The summed E-state index contributed by atoms with van der Waals surface area (Å²) in [5.74, 6) is 3.43. The number of hydrogen-bond acceptors (Lipinski definition) is 4. The molecule has 5 heteroatoms. The molecule has 102 valence electrons. The van der Waals surface area contributed by atoms with Crippen molar-refractivity contribution in [2.24, 2.45) is 13.0 Å². The summed E-state index contributed by atoms with van der Waals surface area (Å²) >= 11 is 1.74. The molecule has 1 aromatic carbocycles. The van der Waals surface area contributed by atoms with Crippen LogP contribution in [0.5, 0.6) is 5.75 Å². The van der Waals surface area contributed by atoms with E-state index >= 15 is 0 Å². The van der Waals surface area contributed by atoms with Crippen molar-refractivity contribution in [3.8, 4) is 17.1 Å². The van der Waals surface area contributed by atoms with Gasteiger partial charge in [-0.25, -0.2) is 0 Å². The topological polar surface area (TPSA) is 39.9 Å². The van der Waals surface area contributed by atoms with Crippen LogP contribution in [0.25, 0.3) is 11.4 Å². The first-order chi connectivity index (χ1) is 9.11. The van der Waals surface area contributed by atoms with Crippen LogP contribution in [0.3, 0.4) is 0 Å². The molecular weight excluding hydrogens is 258 g/mol. The second kappa shape index (κ2) is 6.10. The van der Waals surface area contributed by atoms with Gasteiger partial charge in [0.1, 0.15) is 5.75 Å². The lowest BCUT2D eigenvalue weighted by Gasteiger charge is -2.06. The second-order valence-electron chi connectivity index (χ2n) is 4.80. The summed E-state index contributed by atoms with van der Waals surface area (Å²) in [6, 6.07) is 7.87. The zero-order chi connectivity index (χ0) is 13.8. The highest BCUT2D eigenvalue weighted by Gasteiger charge is 2.11.